The van der Waals surface area contributed by atoms with E-state index in [-0.39, 0.29) is 17.1 Å². The molecule has 0 radical (unpaired) electrons. The van der Waals surface area contributed by atoms with Crippen molar-refractivity contribution in [2.24, 2.45) is 0 Å². The summed E-state index contributed by atoms with van der Waals surface area (Å²) >= 11 is 0. The van der Waals surface area contributed by atoms with Crippen LogP contribution >= 0.6 is 0 Å². The number of nitrogens with one attached hydrogen (secondary N) is 3. The molecular formula is C19H20F4N6O3. The lowest BCUT2D eigenvalue weighted by Gasteiger charge is -2.22. The Bertz CT molecular complexity index is 1100. The van der Waals surface area contributed by atoms with Gasteiger partial charge in [0.25, 0.3) is 5.91 Å². The molecule has 0 saturated carbocycles. The Balaban J connectivity index is 1.81. The van der Waals surface area contributed by atoms with Gasteiger partial charge in [-0.05, 0) is 42.4 Å². The van der Waals surface area contributed by atoms with Crippen LogP contribution in [-0.2, 0) is 0 Å². The minimum atomic E-state index is -4.54. The van der Waals surface area contributed by atoms with E-state index < -0.39 is 36.9 Å². The fourth-order valence-corrected chi connectivity index (χ4v) is 2.58. The van der Waals surface area contributed by atoms with Gasteiger partial charge in [-0.1, -0.05) is 0 Å². The number of aliphatic hydroxyl groups is 1. The second-order valence-corrected chi connectivity index (χ2v) is 7.51. The average Bonchev–Trinajstić information content (AvgIpc) is 3.17. The standard InChI is InChI=1S/C19H20F4N6O3/c1-18(2,31)15(20)8-25-17(30)11-7-24-16(6-13(11)26-9-19(21,22)23)27-10-3-4-12-14(5-10)29-32-28-12/h3-7,15,31H,8-9H2,1-2H3,(H,25,30)(H2,24,26,27). The zero-order valence-corrected chi connectivity index (χ0v) is 17.0. The van der Waals surface area contributed by atoms with Gasteiger partial charge in [-0.15, -0.1) is 0 Å². The summed E-state index contributed by atoms with van der Waals surface area (Å²) in [5, 5.41) is 24.3. The van der Waals surface area contributed by atoms with Crippen molar-refractivity contribution in [2.45, 2.75) is 31.8 Å². The van der Waals surface area contributed by atoms with E-state index in [2.05, 4.69) is 35.9 Å². The van der Waals surface area contributed by atoms with E-state index in [0.29, 0.717) is 16.7 Å². The maximum atomic E-state index is 13.9. The van der Waals surface area contributed by atoms with Crippen molar-refractivity contribution in [2.75, 3.05) is 23.7 Å². The van der Waals surface area contributed by atoms with Crippen molar-refractivity contribution in [3.63, 3.8) is 0 Å². The Morgan fingerprint density at radius 2 is 1.91 bits per heavy atom. The smallest absolute Gasteiger partial charge is 0.387 e. The monoisotopic (exact) mass is 456 g/mol. The first-order valence-corrected chi connectivity index (χ1v) is 9.37. The van der Waals surface area contributed by atoms with Crippen LogP contribution in [0.1, 0.15) is 24.2 Å². The molecule has 1 amide bonds. The van der Waals surface area contributed by atoms with Crippen LogP contribution in [-0.4, -0.2) is 57.3 Å². The first-order valence-electron chi connectivity index (χ1n) is 9.37. The summed E-state index contributed by atoms with van der Waals surface area (Å²) in [6.45, 7) is 0.527. The molecule has 3 rings (SSSR count). The summed E-state index contributed by atoms with van der Waals surface area (Å²) in [4.78, 5) is 16.5. The van der Waals surface area contributed by atoms with Gasteiger partial charge in [0.05, 0.1) is 23.4 Å². The lowest BCUT2D eigenvalue weighted by Crippen LogP contribution is -2.42. The van der Waals surface area contributed by atoms with Crippen LogP contribution in [0.4, 0.5) is 34.8 Å². The van der Waals surface area contributed by atoms with Gasteiger partial charge in [-0.3, -0.25) is 4.79 Å². The first kappa shape index (κ1) is 23.2. The molecule has 0 saturated heterocycles. The summed E-state index contributed by atoms with van der Waals surface area (Å²) in [5.41, 5.74) is -0.615. The predicted octanol–water partition coefficient (Wildman–Crippen LogP) is 3.17. The number of aromatic nitrogens is 3. The number of hydrogen-bond acceptors (Lipinski definition) is 8. The molecule has 0 aliphatic carbocycles. The summed E-state index contributed by atoms with van der Waals surface area (Å²) in [7, 11) is 0. The highest BCUT2D eigenvalue weighted by Gasteiger charge is 2.29. The van der Waals surface area contributed by atoms with Crippen molar-refractivity contribution >= 4 is 34.1 Å². The maximum absolute atomic E-state index is 13.9. The van der Waals surface area contributed by atoms with Gasteiger partial charge in [0.1, 0.15) is 29.6 Å². The van der Waals surface area contributed by atoms with Crippen LogP contribution in [0, 0.1) is 0 Å². The molecule has 2 heterocycles. The maximum Gasteiger partial charge on any atom is 0.405 e. The quantitative estimate of drug-likeness (QED) is 0.381. The minimum Gasteiger partial charge on any atom is -0.387 e. The number of benzene rings is 1. The Morgan fingerprint density at radius 1 is 1.19 bits per heavy atom. The molecule has 0 aliphatic rings. The lowest BCUT2D eigenvalue weighted by molar-refractivity contribution is -0.115. The summed E-state index contributed by atoms with van der Waals surface area (Å²) in [5.74, 6) is -0.711. The molecule has 3 aromatic rings. The van der Waals surface area contributed by atoms with Gasteiger partial charge in [-0.25, -0.2) is 14.0 Å². The number of carbonyl (C=O) groups excluding carboxylic acids is 1. The highest BCUT2D eigenvalue weighted by atomic mass is 19.4. The van der Waals surface area contributed by atoms with Crippen molar-refractivity contribution in [1.29, 1.82) is 0 Å². The number of pyridine rings is 1. The normalized spacial score (nSPS) is 13.1. The molecule has 1 atom stereocenters. The Hall–Kier alpha value is -3.48. The van der Waals surface area contributed by atoms with Crippen LogP contribution in [0.5, 0.6) is 0 Å². The van der Waals surface area contributed by atoms with E-state index >= 15 is 0 Å². The van der Waals surface area contributed by atoms with Gasteiger partial charge in [-0.2, -0.15) is 13.2 Å². The highest BCUT2D eigenvalue weighted by molar-refractivity contribution is 5.99. The first-order chi connectivity index (χ1) is 14.9. The number of alkyl halides is 4. The number of nitrogens with zero attached hydrogens (tertiary/aromatic N) is 3. The Kier molecular flexibility index (Phi) is 6.48. The Labute approximate surface area is 179 Å². The molecule has 2 aromatic heterocycles. The molecule has 0 bridgehead atoms. The fraction of sp³-hybridized carbons (Fsp3) is 0.368. The largest absolute Gasteiger partial charge is 0.405 e. The van der Waals surface area contributed by atoms with Crippen LogP contribution in [0.25, 0.3) is 11.0 Å². The predicted molar refractivity (Wildman–Crippen MR) is 107 cm³/mol. The molecular weight excluding hydrogens is 436 g/mol. The zero-order chi connectivity index (χ0) is 23.5. The second kappa shape index (κ2) is 8.94. The topological polar surface area (TPSA) is 125 Å². The van der Waals surface area contributed by atoms with E-state index in [1.807, 2.05) is 0 Å². The van der Waals surface area contributed by atoms with E-state index in [1.54, 1.807) is 18.2 Å². The molecule has 32 heavy (non-hydrogen) atoms. The number of anilines is 3. The Morgan fingerprint density at radius 3 is 2.59 bits per heavy atom. The molecule has 9 nitrogen and oxygen atoms in total. The minimum absolute atomic E-state index is 0.141. The summed E-state index contributed by atoms with van der Waals surface area (Å²) in [6, 6.07) is 6.06. The van der Waals surface area contributed by atoms with Crippen molar-refractivity contribution in [3.8, 4) is 0 Å². The van der Waals surface area contributed by atoms with Crippen LogP contribution in [0.15, 0.2) is 35.1 Å². The number of amides is 1. The zero-order valence-electron chi connectivity index (χ0n) is 17.0. The van der Waals surface area contributed by atoms with Gasteiger partial charge in [0.2, 0.25) is 0 Å². The summed E-state index contributed by atoms with van der Waals surface area (Å²) < 4.78 is 56.7. The van der Waals surface area contributed by atoms with Gasteiger partial charge in [0, 0.05) is 18.0 Å². The SMILES string of the molecule is CC(C)(O)C(F)CNC(=O)c1cnc(Nc2ccc3nonc3c2)cc1NCC(F)(F)F. The third kappa shape index (κ3) is 6.03. The number of hydrogen-bond donors (Lipinski definition) is 4. The summed E-state index contributed by atoms with van der Waals surface area (Å²) in [6.07, 6.45) is -5.27. The molecule has 172 valence electrons. The number of fused-ring (bicyclic) bond motifs is 1. The molecule has 0 spiro atoms. The molecule has 0 aliphatic heterocycles. The number of carbonyl (C=O) groups is 1. The van der Waals surface area contributed by atoms with Crippen LogP contribution < -0.4 is 16.0 Å². The van der Waals surface area contributed by atoms with Crippen LogP contribution in [0.2, 0.25) is 0 Å². The van der Waals surface area contributed by atoms with Gasteiger partial charge in [0.15, 0.2) is 0 Å². The molecule has 0 fully saturated rings. The fourth-order valence-electron chi connectivity index (χ4n) is 2.58. The molecule has 4 N–H and O–H groups in total. The van der Waals surface area contributed by atoms with Crippen molar-refractivity contribution in [1.82, 2.24) is 20.6 Å². The highest BCUT2D eigenvalue weighted by Crippen LogP contribution is 2.25. The average molecular weight is 456 g/mol. The van der Waals surface area contributed by atoms with Gasteiger partial charge >= 0.3 is 6.18 Å². The third-order valence-corrected chi connectivity index (χ3v) is 4.36. The van der Waals surface area contributed by atoms with E-state index in [1.165, 1.54) is 19.9 Å². The second-order valence-electron chi connectivity index (χ2n) is 7.51. The van der Waals surface area contributed by atoms with Crippen molar-refractivity contribution < 1.29 is 32.1 Å². The van der Waals surface area contributed by atoms with E-state index in [0.717, 1.165) is 6.20 Å². The van der Waals surface area contributed by atoms with Gasteiger partial charge < -0.3 is 21.1 Å². The third-order valence-electron chi connectivity index (χ3n) is 4.36. The lowest BCUT2D eigenvalue weighted by atomic mass is 10.0. The molecule has 1 aromatic carbocycles. The van der Waals surface area contributed by atoms with E-state index in [4.69, 9.17) is 0 Å². The number of halogens is 4. The van der Waals surface area contributed by atoms with E-state index in [9.17, 15) is 27.5 Å². The molecule has 1 unspecified atom stereocenters. The van der Waals surface area contributed by atoms with Crippen LogP contribution in [0.3, 0.4) is 0 Å². The molecule has 13 heteroatoms. The van der Waals surface area contributed by atoms with Crippen molar-refractivity contribution in [3.05, 3.63) is 36.0 Å². The number of rotatable bonds is 8.